The maximum atomic E-state index is 9.56. The molecular weight excluding hydrogens is 260 g/mol. The molecule has 0 aliphatic carbocycles. The fraction of sp³-hybridized carbons (Fsp3) is 0.600. The molecule has 0 aromatic heterocycles. The first-order chi connectivity index (χ1) is 8.97. The van der Waals surface area contributed by atoms with E-state index in [4.69, 9.17) is 11.6 Å². The molecule has 0 saturated carbocycles. The molecular formula is C15H23ClN2O. The molecule has 0 bridgehead atoms. The monoisotopic (exact) mass is 282 g/mol. The van der Waals surface area contributed by atoms with Crippen LogP contribution in [0.25, 0.3) is 0 Å². The van der Waals surface area contributed by atoms with E-state index in [2.05, 4.69) is 23.9 Å². The highest BCUT2D eigenvalue weighted by Crippen LogP contribution is 2.29. The second kappa shape index (κ2) is 6.12. The lowest BCUT2D eigenvalue weighted by molar-refractivity contribution is 0.199. The van der Waals surface area contributed by atoms with Crippen molar-refractivity contribution in [1.29, 1.82) is 0 Å². The van der Waals surface area contributed by atoms with Crippen molar-refractivity contribution in [2.24, 2.45) is 5.92 Å². The summed E-state index contributed by atoms with van der Waals surface area (Å²) in [6, 6.07) is 5.81. The second-order valence-electron chi connectivity index (χ2n) is 5.68. The van der Waals surface area contributed by atoms with E-state index < -0.39 is 6.10 Å². The predicted octanol–water partition coefficient (Wildman–Crippen LogP) is 2.78. The lowest BCUT2D eigenvalue weighted by atomic mass is 10.1. The third-order valence-corrected chi connectivity index (χ3v) is 4.19. The highest BCUT2D eigenvalue weighted by atomic mass is 35.5. The number of halogens is 1. The van der Waals surface area contributed by atoms with Crippen molar-refractivity contribution in [3.8, 4) is 0 Å². The summed E-state index contributed by atoms with van der Waals surface area (Å²) in [6.45, 7) is 5.13. The first-order valence-electron chi connectivity index (χ1n) is 6.84. The van der Waals surface area contributed by atoms with Crippen LogP contribution in [0, 0.1) is 5.92 Å². The molecule has 2 rings (SSSR count). The van der Waals surface area contributed by atoms with Gasteiger partial charge in [0.15, 0.2) is 0 Å². The molecule has 1 heterocycles. The smallest absolute Gasteiger partial charge is 0.0762 e. The van der Waals surface area contributed by atoms with Crippen LogP contribution in [0.15, 0.2) is 18.2 Å². The maximum absolute atomic E-state index is 9.56. The first kappa shape index (κ1) is 14.6. The van der Waals surface area contributed by atoms with E-state index in [9.17, 15) is 5.11 Å². The molecule has 3 nitrogen and oxygen atoms in total. The number of aliphatic hydroxyl groups is 1. The molecule has 1 aromatic rings. The lowest BCUT2D eigenvalue weighted by Crippen LogP contribution is -2.27. The quantitative estimate of drug-likeness (QED) is 0.920. The topological polar surface area (TPSA) is 26.7 Å². The highest BCUT2D eigenvalue weighted by molar-refractivity contribution is 6.33. The molecule has 1 aliphatic heterocycles. The van der Waals surface area contributed by atoms with Crippen LogP contribution in [0.4, 0.5) is 5.69 Å². The molecule has 106 valence electrons. The number of hydrogen-bond donors (Lipinski definition) is 1. The third-order valence-electron chi connectivity index (χ3n) is 3.89. The number of nitrogens with zero attached hydrogens (tertiary/aromatic N) is 2. The normalized spacial score (nSPS) is 21.6. The van der Waals surface area contributed by atoms with Gasteiger partial charge in [-0.25, -0.2) is 0 Å². The van der Waals surface area contributed by atoms with Gasteiger partial charge in [-0.05, 0) is 50.6 Å². The van der Waals surface area contributed by atoms with Gasteiger partial charge in [0.2, 0.25) is 0 Å². The fourth-order valence-electron chi connectivity index (χ4n) is 2.75. The van der Waals surface area contributed by atoms with Crippen LogP contribution in [-0.2, 0) is 0 Å². The van der Waals surface area contributed by atoms with E-state index in [0.29, 0.717) is 10.9 Å². The average Bonchev–Trinajstić information content (AvgIpc) is 2.74. The van der Waals surface area contributed by atoms with Gasteiger partial charge in [-0.1, -0.05) is 17.7 Å². The minimum absolute atomic E-state index is 0.472. The number of aliphatic hydroxyl groups excluding tert-OH is 1. The number of hydrogen-bond acceptors (Lipinski definition) is 3. The van der Waals surface area contributed by atoms with Gasteiger partial charge in [0.25, 0.3) is 0 Å². The zero-order chi connectivity index (χ0) is 14.0. The Morgan fingerprint density at radius 2 is 2.26 bits per heavy atom. The molecule has 1 N–H and O–H groups in total. The molecule has 1 aromatic carbocycles. The molecule has 19 heavy (non-hydrogen) atoms. The van der Waals surface area contributed by atoms with Crippen LogP contribution in [0.3, 0.4) is 0 Å². The summed E-state index contributed by atoms with van der Waals surface area (Å²) < 4.78 is 0. The van der Waals surface area contributed by atoms with Gasteiger partial charge >= 0.3 is 0 Å². The van der Waals surface area contributed by atoms with Crippen molar-refractivity contribution in [3.63, 3.8) is 0 Å². The highest BCUT2D eigenvalue weighted by Gasteiger charge is 2.21. The summed E-state index contributed by atoms with van der Waals surface area (Å²) in [4.78, 5) is 4.59. The van der Waals surface area contributed by atoms with Crippen molar-refractivity contribution in [2.45, 2.75) is 19.4 Å². The van der Waals surface area contributed by atoms with E-state index in [1.807, 2.05) is 18.2 Å². The predicted molar refractivity (Wildman–Crippen MR) is 81.0 cm³/mol. The summed E-state index contributed by atoms with van der Waals surface area (Å²) in [5.41, 5.74) is 1.91. The van der Waals surface area contributed by atoms with Gasteiger partial charge in [-0.15, -0.1) is 0 Å². The van der Waals surface area contributed by atoms with E-state index in [1.54, 1.807) is 6.92 Å². The van der Waals surface area contributed by atoms with Gasteiger partial charge in [0, 0.05) is 20.1 Å². The van der Waals surface area contributed by atoms with Gasteiger partial charge in [-0.3, -0.25) is 0 Å². The maximum Gasteiger partial charge on any atom is 0.0762 e. The summed E-state index contributed by atoms with van der Waals surface area (Å²) >= 11 is 6.32. The Morgan fingerprint density at radius 1 is 1.53 bits per heavy atom. The SMILES string of the molecule is C[C@@H](O)c1ccc(N(C)CC2CCN(C)C2)c(Cl)c1. The molecule has 0 amide bonds. The van der Waals surface area contributed by atoms with Gasteiger partial charge in [0.1, 0.15) is 0 Å². The van der Waals surface area contributed by atoms with Crippen LogP contribution in [-0.4, -0.2) is 43.7 Å². The summed E-state index contributed by atoms with van der Waals surface area (Å²) in [7, 11) is 4.26. The first-order valence-corrected chi connectivity index (χ1v) is 7.22. The van der Waals surface area contributed by atoms with E-state index >= 15 is 0 Å². The summed E-state index contributed by atoms with van der Waals surface area (Å²) in [6.07, 6.45) is 0.782. The van der Waals surface area contributed by atoms with E-state index in [1.165, 1.54) is 13.0 Å². The molecule has 2 atom stereocenters. The van der Waals surface area contributed by atoms with Gasteiger partial charge in [-0.2, -0.15) is 0 Å². The molecule has 1 fully saturated rings. The lowest BCUT2D eigenvalue weighted by Gasteiger charge is -2.24. The Balaban J connectivity index is 2.04. The largest absolute Gasteiger partial charge is 0.389 e. The molecule has 1 saturated heterocycles. The molecule has 1 unspecified atom stereocenters. The standard InChI is InChI=1S/C15H23ClN2O/c1-11(19)13-4-5-15(14(16)8-13)18(3)10-12-6-7-17(2)9-12/h4-5,8,11-12,19H,6-7,9-10H2,1-3H3/t11-,12?/m1/s1. The van der Waals surface area contributed by atoms with Crippen LogP contribution >= 0.6 is 11.6 Å². The van der Waals surface area contributed by atoms with Crippen LogP contribution in [0.5, 0.6) is 0 Å². The Hall–Kier alpha value is -0.770. The second-order valence-corrected chi connectivity index (χ2v) is 6.09. The number of anilines is 1. The van der Waals surface area contributed by atoms with Crippen molar-refractivity contribution in [3.05, 3.63) is 28.8 Å². The Morgan fingerprint density at radius 3 is 2.79 bits per heavy atom. The van der Waals surface area contributed by atoms with E-state index in [-0.39, 0.29) is 0 Å². The minimum Gasteiger partial charge on any atom is -0.389 e. The zero-order valence-electron chi connectivity index (χ0n) is 11.9. The number of rotatable bonds is 4. The third kappa shape index (κ3) is 3.62. The molecule has 0 spiro atoms. The summed E-state index contributed by atoms with van der Waals surface area (Å²) in [5, 5.41) is 10.3. The Kier molecular flexibility index (Phi) is 4.71. The van der Waals surface area contributed by atoms with Crippen LogP contribution in [0.2, 0.25) is 5.02 Å². The number of benzene rings is 1. The summed E-state index contributed by atoms with van der Waals surface area (Å²) in [5.74, 6) is 0.711. The minimum atomic E-state index is -0.472. The molecule has 0 radical (unpaired) electrons. The van der Waals surface area contributed by atoms with E-state index in [0.717, 1.165) is 24.3 Å². The van der Waals surface area contributed by atoms with Crippen molar-refractivity contribution in [1.82, 2.24) is 4.90 Å². The Bertz CT molecular complexity index is 436. The number of likely N-dealkylation sites (tertiary alicyclic amines) is 1. The zero-order valence-corrected chi connectivity index (χ0v) is 12.7. The average molecular weight is 283 g/mol. The molecule has 1 aliphatic rings. The Labute approximate surface area is 120 Å². The van der Waals surface area contributed by atoms with Crippen molar-refractivity contribution >= 4 is 17.3 Å². The van der Waals surface area contributed by atoms with Crippen molar-refractivity contribution in [2.75, 3.05) is 38.6 Å². The van der Waals surface area contributed by atoms with Gasteiger partial charge in [0.05, 0.1) is 16.8 Å². The molecule has 4 heteroatoms. The van der Waals surface area contributed by atoms with Gasteiger partial charge < -0.3 is 14.9 Å². The van der Waals surface area contributed by atoms with Crippen molar-refractivity contribution < 1.29 is 5.11 Å². The van der Waals surface area contributed by atoms with Crippen LogP contribution in [0.1, 0.15) is 25.0 Å². The van der Waals surface area contributed by atoms with Crippen LogP contribution < -0.4 is 4.90 Å². The fourth-order valence-corrected chi connectivity index (χ4v) is 3.09.